The van der Waals surface area contributed by atoms with Crippen LogP contribution in [-0.4, -0.2) is 41.1 Å². The predicted molar refractivity (Wildman–Crippen MR) is 89.2 cm³/mol. The van der Waals surface area contributed by atoms with Gasteiger partial charge < -0.3 is 9.84 Å². The first-order valence-electron chi connectivity index (χ1n) is 7.80. The second kappa shape index (κ2) is 6.45. The standard InChI is InChI=1S/C19H19NO4/c1-12-7-8-13(2)17(9-12)24-11-14(21)10-20-18(22)15-5-3-4-6-16(15)19(20)23/h3-9,14,21H,10-11H2,1-2H3/t14-/m0/s1. The molecule has 0 fully saturated rings. The summed E-state index contributed by atoms with van der Waals surface area (Å²) in [6.07, 6.45) is -0.952. The van der Waals surface area contributed by atoms with Gasteiger partial charge in [-0.1, -0.05) is 24.3 Å². The van der Waals surface area contributed by atoms with Gasteiger partial charge in [0.1, 0.15) is 18.5 Å². The Labute approximate surface area is 140 Å². The fourth-order valence-electron chi connectivity index (χ4n) is 2.72. The van der Waals surface area contributed by atoms with E-state index in [2.05, 4.69) is 0 Å². The van der Waals surface area contributed by atoms with Gasteiger partial charge in [0.2, 0.25) is 0 Å². The minimum Gasteiger partial charge on any atom is -0.491 e. The van der Waals surface area contributed by atoms with E-state index in [4.69, 9.17) is 4.74 Å². The molecule has 124 valence electrons. The fraction of sp³-hybridized carbons (Fsp3) is 0.263. The number of ether oxygens (including phenoxy) is 1. The molecule has 24 heavy (non-hydrogen) atoms. The zero-order valence-electron chi connectivity index (χ0n) is 13.7. The summed E-state index contributed by atoms with van der Waals surface area (Å²) in [5, 5.41) is 10.2. The highest BCUT2D eigenvalue weighted by Crippen LogP contribution is 2.23. The first kappa shape index (κ1) is 16.2. The highest BCUT2D eigenvalue weighted by Gasteiger charge is 2.36. The average Bonchev–Trinajstić information content (AvgIpc) is 2.81. The van der Waals surface area contributed by atoms with Crippen molar-refractivity contribution in [3.05, 3.63) is 64.7 Å². The van der Waals surface area contributed by atoms with Crippen molar-refractivity contribution in [2.45, 2.75) is 20.0 Å². The molecule has 1 aliphatic heterocycles. The van der Waals surface area contributed by atoms with E-state index in [0.29, 0.717) is 16.9 Å². The quantitative estimate of drug-likeness (QED) is 0.857. The minimum atomic E-state index is -0.952. The van der Waals surface area contributed by atoms with E-state index in [1.807, 2.05) is 32.0 Å². The normalized spacial score (nSPS) is 14.7. The fourth-order valence-corrected chi connectivity index (χ4v) is 2.72. The number of aliphatic hydroxyl groups is 1. The Bertz CT molecular complexity index is 765. The number of imide groups is 1. The maximum atomic E-state index is 12.3. The highest BCUT2D eigenvalue weighted by atomic mass is 16.5. The summed E-state index contributed by atoms with van der Waals surface area (Å²) in [4.78, 5) is 25.6. The Morgan fingerprint density at radius 2 is 1.67 bits per heavy atom. The minimum absolute atomic E-state index is 0.0116. The second-order valence-electron chi connectivity index (χ2n) is 6.00. The molecule has 0 aromatic heterocycles. The number of benzene rings is 2. The second-order valence-corrected chi connectivity index (χ2v) is 6.00. The number of fused-ring (bicyclic) bond motifs is 1. The molecular weight excluding hydrogens is 306 g/mol. The van der Waals surface area contributed by atoms with Crippen LogP contribution in [0.3, 0.4) is 0 Å². The van der Waals surface area contributed by atoms with Gasteiger partial charge in [-0.15, -0.1) is 0 Å². The Hall–Kier alpha value is -2.66. The third kappa shape index (κ3) is 3.03. The maximum absolute atomic E-state index is 12.3. The summed E-state index contributed by atoms with van der Waals surface area (Å²) in [5.41, 5.74) is 2.79. The molecule has 1 heterocycles. The van der Waals surface area contributed by atoms with Crippen molar-refractivity contribution in [3.63, 3.8) is 0 Å². The number of rotatable bonds is 5. The Morgan fingerprint density at radius 1 is 1.04 bits per heavy atom. The molecule has 0 aliphatic carbocycles. The number of aryl methyl sites for hydroxylation is 2. The SMILES string of the molecule is Cc1ccc(C)c(OC[C@@H](O)CN2C(=O)c3ccccc3C2=O)c1. The van der Waals surface area contributed by atoms with Crippen molar-refractivity contribution in [1.29, 1.82) is 0 Å². The van der Waals surface area contributed by atoms with Gasteiger partial charge in [-0.2, -0.15) is 0 Å². The molecule has 3 rings (SSSR count). The van der Waals surface area contributed by atoms with Crippen LogP contribution in [0.5, 0.6) is 5.75 Å². The lowest BCUT2D eigenvalue weighted by Crippen LogP contribution is -2.39. The van der Waals surface area contributed by atoms with Crippen molar-refractivity contribution in [2.24, 2.45) is 0 Å². The summed E-state index contributed by atoms with van der Waals surface area (Å²) in [7, 11) is 0. The molecule has 5 heteroatoms. The van der Waals surface area contributed by atoms with Crippen LogP contribution in [0.4, 0.5) is 0 Å². The Kier molecular flexibility index (Phi) is 4.36. The number of β-amino-alcohol motifs (C(OH)–C–C–N with tert-alkyl or cyclic N) is 1. The third-order valence-electron chi connectivity index (χ3n) is 4.05. The van der Waals surface area contributed by atoms with Crippen LogP contribution in [0.15, 0.2) is 42.5 Å². The van der Waals surface area contributed by atoms with E-state index in [-0.39, 0.29) is 25.0 Å². The molecule has 2 aromatic carbocycles. The van der Waals surface area contributed by atoms with Crippen LogP contribution < -0.4 is 4.74 Å². The van der Waals surface area contributed by atoms with Crippen LogP contribution in [-0.2, 0) is 0 Å². The first-order chi connectivity index (χ1) is 11.5. The number of amides is 2. The van der Waals surface area contributed by atoms with Gasteiger partial charge in [-0.25, -0.2) is 0 Å². The van der Waals surface area contributed by atoms with E-state index >= 15 is 0 Å². The van der Waals surface area contributed by atoms with E-state index in [1.165, 1.54) is 0 Å². The van der Waals surface area contributed by atoms with Gasteiger partial charge in [0.05, 0.1) is 17.7 Å². The van der Waals surface area contributed by atoms with Crippen LogP contribution in [0.25, 0.3) is 0 Å². The smallest absolute Gasteiger partial charge is 0.261 e. The number of hydrogen-bond donors (Lipinski definition) is 1. The Morgan fingerprint density at radius 3 is 2.29 bits per heavy atom. The molecule has 0 saturated carbocycles. The molecule has 1 atom stereocenters. The molecule has 1 aliphatic rings. The largest absolute Gasteiger partial charge is 0.491 e. The molecule has 2 aromatic rings. The summed E-state index contributed by atoms with van der Waals surface area (Å²) in [6.45, 7) is 3.81. The van der Waals surface area contributed by atoms with Crippen molar-refractivity contribution in [1.82, 2.24) is 4.90 Å². The lowest BCUT2D eigenvalue weighted by Gasteiger charge is -2.19. The summed E-state index contributed by atoms with van der Waals surface area (Å²) < 4.78 is 5.64. The van der Waals surface area contributed by atoms with Gasteiger partial charge in [0.25, 0.3) is 11.8 Å². The van der Waals surface area contributed by atoms with Gasteiger partial charge >= 0.3 is 0 Å². The molecular formula is C19H19NO4. The van der Waals surface area contributed by atoms with Gasteiger partial charge in [0.15, 0.2) is 0 Å². The lowest BCUT2D eigenvalue weighted by atomic mass is 10.1. The molecule has 0 bridgehead atoms. The van der Waals surface area contributed by atoms with Crippen LogP contribution in [0.2, 0.25) is 0 Å². The monoisotopic (exact) mass is 325 g/mol. The number of carbonyl (C=O) groups excluding carboxylic acids is 2. The van der Waals surface area contributed by atoms with E-state index in [0.717, 1.165) is 16.0 Å². The maximum Gasteiger partial charge on any atom is 0.261 e. The van der Waals surface area contributed by atoms with Gasteiger partial charge in [-0.3, -0.25) is 14.5 Å². The molecule has 2 amide bonds. The van der Waals surface area contributed by atoms with Crippen molar-refractivity contribution >= 4 is 11.8 Å². The molecule has 0 spiro atoms. The van der Waals surface area contributed by atoms with Crippen LogP contribution in [0, 0.1) is 13.8 Å². The number of nitrogens with zero attached hydrogens (tertiary/aromatic N) is 1. The van der Waals surface area contributed by atoms with Crippen molar-refractivity contribution in [3.8, 4) is 5.75 Å². The summed E-state index contributed by atoms with van der Waals surface area (Å²) >= 11 is 0. The number of aliphatic hydroxyl groups excluding tert-OH is 1. The molecule has 1 N–H and O–H groups in total. The van der Waals surface area contributed by atoms with Crippen LogP contribution in [0.1, 0.15) is 31.8 Å². The predicted octanol–water partition coefficient (Wildman–Crippen LogP) is 2.34. The molecule has 0 radical (unpaired) electrons. The number of carbonyl (C=O) groups is 2. The number of hydrogen-bond acceptors (Lipinski definition) is 4. The summed E-state index contributed by atoms with van der Waals surface area (Å²) in [5.74, 6) is -0.0563. The van der Waals surface area contributed by atoms with E-state index in [1.54, 1.807) is 24.3 Å². The van der Waals surface area contributed by atoms with E-state index < -0.39 is 6.10 Å². The zero-order chi connectivity index (χ0) is 17.3. The summed E-state index contributed by atoms with van der Waals surface area (Å²) in [6, 6.07) is 12.5. The topological polar surface area (TPSA) is 66.8 Å². The van der Waals surface area contributed by atoms with E-state index in [9.17, 15) is 14.7 Å². The van der Waals surface area contributed by atoms with Crippen molar-refractivity contribution in [2.75, 3.05) is 13.2 Å². The third-order valence-corrected chi connectivity index (χ3v) is 4.05. The average molecular weight is 325 g/mol. The Balaban J connectivity index is 1.64. The highest BCUT2D eigenvalue weighted by molar-refractivity contribution is 6.21. The lowest BCUT2D eigenvalue weighted by molar-refractivity contribution is 0.0456. The molecule has 5 nitrogen and oxygen atoms in total. The van der Waals surface area contributed by atoms with Crippen molar-refractivity contribution < 1.29 is 19.4 Å². The van der Waals surface area contributed by atoms with Gasteiger partial charge in [-0.05, 0) is 43.2 Å². The van der Waals surface area contributed by atoms with Gasteiger partial charge in [0, 0.05) is 0 Å². The molecule has 0 saturated heterocycles. The first-order valence-corrected chi connectivity index (χ1v) is 7.80. The van der Waals surface area contributed by atoms with Crippen LogP contribution >= 0.6 is 0 Å². The zero-order valence-corrected chi connectivity index (χ0v) is 13.7. The molecule has 0 unspecified atom stereocenters.